The lowest BCUT2D eigenvalue weighted by Crippen LogP contribution is -2.60. The minimum absolute atomic E-state index is 0.0189. The number of hydrogen-bond acceptors (Lipinski definition) is 9. The Morgan fingerprint density at radius 1 is 0.941 bits per heavy atom. The number of aliphatic hydroxyl groups excluding tert-OH is 1. The Labute approximate surface area is 308 Å². The van der Waals surface area contributed by atoms with Gasteiger partial charge in [-0.2, -0.15) is 0 Å². The molecule has 0 radical (unpaired) electrons. The van der Waals surface area contributed by atoms with E-state index in [-0.39, 0.29) is 40.8 Å². The van der Waals surface area contributed by atoms with Crippen LogP contribution in [0.5, 0.6) is 0 Å². The molecule has 3 heterocycles. The van der Waals surface area contributed by atoms with E-state index in [2.05, 4.69) is 44.4 Å². The number of ether oxygens (including phenoxy) is 5. The predicted octanol–water partition coefficient (Wildman–Crippen LogP) is 5.35. The third-order valence-corrected chi connectivity index (χ3v) is 17.6. The van der Waals surface area contributed by atoms with Crippen molar-refractivity contribution in [2.45, 2.75) is 155 Å². The Bertz CT molecular complexity index is 1290. The molecule has 0 amide bonds. The first kappa shape index (κ1) is 37.6. The molecular weight excluding hydrogens is 644 g/mol. The van der Waals surface area contributed by atoms with E-state index in [0.29, 0.717) is 47.2 Å². The normalized spacial score (nSPS) is 50.3. The summed E-state index contributed by atoms with van der Waals surface area (Å²) in [6.45, 7) is 25.4. The molecule has 14 atom stereocenters. The van der Waals surface area contributed by atoms with Crippen LogP contribution >= 0.6 is 0 Å². The molecule has 0 aromatic carbocycles. The Hall–Kier alpha value is -0.360. The lowest BCUT2D eigenvalue weighted by atomic mass is 9.41. The molecule has 5 aliphatic carbocycles. The highest BCUT2D eigenvalue weighted by atomic mass is 16.7. The molecule has 292 valence electrons. The fourth-order valence-corrected chi connectivity index (χ4v) is 15.0. The average molecular weight is 717 g/mol. The number of hydrogen-bond donors (Lipinski definition) is 2. The lowest BCUT2D eigenvalue weighted by Gasteiger charge is -2.64. The van der Waals surface area contributed by atoms with Crippen molar-refractivity contribution in [2.75, 3.05) is 59.6 Å². The van der Waals surface area contributed by atoms with Gasteiger partial charge in [0.25, 0.3) is 0 Å². The molecule has 2 spiro atoms. The molecule has 0 aromatic rings. The van der Waals surface area contributed by atoms with Crippen molar-refractivity contribution in [1.29, 1.82) is 0 Å². The number of morpholine rings is 1. The maximum atomic E-state index is 12.6. The van der Waals surface area contributed by atoms with Crippen molar-refractivity contribution in [2.24, 2.45) is 50.7 Å². The zero-order chi connectivity index (χ0) is 36.4. The van der Waals surface area contributed by atoms with E-state index in [1.54, 1.807) is 0 Å². The SMILES string of the molecule is CCO[C@@H]([C@H]1C[C@@H](C)[C@H]2[C@H](O1)[C@H](O)[C@@]1(C)[C@@H]3CC[C@H]4C(C)(C)[C@@H](O[C@H]5CN(CCN6CC(OC)C6)CCO5)CC[C@@]45C[C@@]35CC[C@]21C)C(C)(C)O. The van der Waals surface area contributed by atoms with Gasteiger partial charge in [0.1, 0.15) is 6.10 Å². The quantitative estimate of drug-likeness (QED) is 0.311. The number of methoxy groups -OCH3 is 1. The monoisotopic (exact) mass is 717 g/mol. The Morgan fingerprint density at radius 2 is 1.65 bits per heavy atom. The molecule has 8 fully saturated rings. The molecule has 9 nitrogen and oxygen atoms in total. The molecule has 3 saturated heterocycles. The van der Waals surface area contributed by atoms with Gasteiger partial charge in [-0.1, -0.05) is 34.6 Å². The van der Waals surface area contributed by atoms with Crippen LogP contribution in [0.25, 0.3) is 0 Å². The van der Waals surface area contributed by atoms with E-state index in [9.17, 15) is 10.2 Å². The third-order valence-electron chi connectivity index (χ3n) is 17.6. The summed E-state index contributed by atoms with van der Waals surface area (Å²) >= 11 is 0. The second-order valence-electron chi connectivity index (χ2n) is 20.4. The Balaban J connectivity index is 0.965. The average Bonchev–Trinajstić information content (AvgIpc) is 3.68. The predicted molar refractivity (Wildman–Crippen MR) is 196 cm³/mol. The molecule has 0 aromatic heterocycles. The maximum Gasteiger partial charge on any atom is 0.170 e. The van der Waals surface area contributed by atoms with E-state index in [4.69, 9.17) is 23.7 Å². The number of rotatable bonds is 10. The highest BCUT2D eigenvalue weighted by molar-refractivity contribution is 5.33. The highest BCUT2D eigenvalue weighted by Gasteiger charge is 2.84. The van der Waals surface area contributed by atoms with E-state index < -0.39 is 17.8 Å². The summed E-state index contributed by atoms with van der Waals surface area (Å²) in [6.07, 6.45) is 8.45. The van der Waals surface area contributed by atoms with E-state index in [1.165, 1.54) is 38.5 Å². The lowest BCUT2D eigenvalue weighted by molar-refractivity contribution is -0.249. The first-order valence-corrected chi connectivity index (χ1v) is 21.0. The second-order valence-corrected chi connectivity index (χ2v) is 20.4. The molecule has 0 bridgehead atoms. The summed E-state index contributed by atoms with van der Waals surface area (Å²) in [5, 5.41) is 23.7. The molecule has 0 unspecified atom stereocenters. The van der Waals surface area contributed by atoms with Gasteiger partial charge in [-0.3, -0.25) is 9.80 Å². The van der Waals surface area contributed by atoms with Crippen LogP contribution in [0.15, 0.2) is 0 Å². The van der Waals surface area contributed by atoms with Gasteiger partial charge < -0.3 is 33.9 Å². The fraction of sp³-hybridized carbons (Fsp3) is 1.00. The van der Waals surface area contributed by atoms with Gasteiger partial charge in [0.05, 0.1) is 42.7 Å². The molecule has 5 saturated carbocycles. The van der Waals surface area contributed by atoms with Crippen LogP contribution in [0.3, 0.4) is 0 Å². The number of likely N-dealkylation sites (tertiary alicyclic amines) is 1. The Kier molecular flexibility index (Phi) is 9.46. The summed E-state index contributed by atoms with van der Waals surface area (Å²) in [4.78, 5) is 5.02. The van der Waals surface area contributed by atoms with Crippen LogP contribution in [0.4, 0.5) is 0 Å². The van der Waals surface area contributed by atoms with Crippen molar-refractivity contribution in [3.05, 3.63) is 0 Å². The van der Waals surface area contributed by atoms with Gasteiger partial charge in [0, 0.05) is 58.4 Å². The van der Waals surface area contributed by atoms with Gasteiger partial charge in [0.2, 0.25) is 0 Å². The standard InChI is InChI=1S/C42H72N2O7/c1-10-48-36(38(5,6)46)28-21-26(2)33-34(50-28)35(45)40(8)30-12-11-29-37(3,4)31(13-14-41(29)25-42(30,41)16-15-39(33,40)7)51-32-24-43(19-20-49-32)17-18-44-22-27(23-44)47-9/h26-36,45-46H,10-25H2,1-9H3/t26-,28-,29+,30+,31+,32+,33+,34+,35+,36+,39-,40-,41-,42+/m1/s1. The van der Waals surface area contributed by atoms with Gasteiger partial charge in [-0.05, 0) is 117 Å². The third kappa shape index (κ3) is 5.46. The minimum Gasteiger partial charge on any atom is -0.390 e. The largest absolute Gasteiger partial charge is 0.390 e. The first-order valence-electron chi connectivity index (χ1n) is 21.0. The maximum absolute atomic E-state index is 12.6. The van der Waals surface area contributed by atoms with Crippen molar-refractivity contribution >= 4 is 0 Å². The van der Waals surface area contributed by atoms with Crippen molar-refractivity contribution in [3.63, 3.8) is 0 Å². The smallest absolute Gasteiger partial charge is 0.170 e. The summed E-state index contributed by atoms with van der Waals surface area (Å²) in [7, 11) is 1.82. The van der Waals surface area contributed by atoms with Gasteiger partial charge >= 0.3 is 0 Å². The van der Waals surface area contributed by atoms with E-state index >= 15 is 0 Å². The molecule has 8 aliphatic rings. The zero-order valence-electron chi connectivity index (χ0n) is 33.5. The van der Waals surface area contributed by atoms with Crippen LogP contribution in [0.1, 0.15) is 107 Å². The van der Waals surface area contributed by atoms with Crippen molar-refractivity contribution in [1.82, 2.24) is 9.80 Å². The Morgan fingerprint density at radius 3 is 2.35 bits per heavy atom. The molecule has 8 rings (SSSR count). The molecule has 3 aliphatic heterocycles. The summed E-state index contributed by atoms with van der Waals surface area (Å²) in [5.41, 5.74) is -0.465. The number of aliphatic hydroxyl groups is 2. The summed E-state index contributed by atoms with van der Waals surface area (Å²) < 4.78 is 31.9. The van der Waals surface area contributed by atoms with Gasteiger partial charge in [-0.15, -0.1) is 0 Å². The van der Waals surface area contributed by atoms with E-state index in [1.807, 2.05) is 27.9 Å². The van der Waals surface area contributed by atoms with Crippen molar-refractivity contribution < 1.29 is 33.9 Å². The summed E-state index contributed by atoms with van der Waals surface area (Å²) in [5.74, 6) is 1.83. The topological polar surface area (TPSA) is 93.1 Å². The molecule has 51 heavy (non-hydrogen) atoms. The molecule has 2 N–H and O–H groups in total. The van der Waals surface area contributed by atoms with E-state index in [0.717, 1.165) is 58.7 Å². The first-order chi connectivity index (χ1) is 24.1. The van der Waals surface area contributed by atoms with Gasteiger partial charge in [0.15, 0.2) is 6.29 Å². The molecule has 9 heteroatoms. The second kappa shape index (κ2) is 12.8. The van der Waals surface area contributed by atoms with Gasteiger partial charge in [-0.25, -0.2) is 0 Å². The van der Waals surface area contributed by atoms with Crippen LogP contribution in [-0.4, -0.2) is 128 Å². The summed E-state index contributed by atoms with van der Waals surface area (Å²) in [6, 6.07) is 0. The number of fused-ring (bicyclic) bond motifs is 4. The number of nitrogens with zero attached hydrogens (tertiary/aromatic N) is 2. The van der Waals surface area contributed by atoms with Crippen LogP contribution in [0, 0.1) is 50.7 Å². The van der Waals surface area contributed by atoms with Crippen molar-refractivity contribution in [3.8, 4) is 0 Å². The molecular formula is C42H72N2O7. The van der Waals surface area contributed by atoms with Crippen LogP contribution < -0.4 is 0 Å². The van der Waals surface area contributed by atoms with Crippen LogP contribution in [-0.2, 0) is 23.7 Å². The van der Waals surface area contributed by atoms with Crippen LogP contribution in [0.2, 0.25) is 0 Å². The fourth-order valence-electron chi connectivity index (χ4n) is 15.0. The highest BCUT2D eigenvalue weighted by Crippen LogP contribution is 2.89. The zero-order valence-corrected chi connectivity index (χ0v) is 33.5. The minimum atomic E-state index is -1.01.